The predicted molar refractivity (Wildman–Crippen MR) is 218 cm³/mol. The first kappa shape index (κ1) is 42.6. The lowest BCUT2D eigenvalue weighted by molar-refractivity contribution is -0.144. The Balaban J connectivity index is 0.000000512. The summed E-state index contributed by atoms with van der Waals surface area (Å²) in [4.78, 5) is 64.2. The quantitative estimate of drug-likeness (QED) is 0.0791. The molecule has 314 valence electrons. The lowest BCUT2D eigenvalue weighted by atomic mass is 9.73. The van der Waals surface area contributed by atoms with Gasteiger partial charge in [0.1, 0.15) is 18.1 Å². The summed E-state index contributed by atoms with van der Waals surface area (Å²) in [6.07, 6.45) is 17.2. The van der Waals surface area contributed by atoms with Crippen molar-refractivity contribution in [3.8, 4) is 0 Å². The van der Waals surface area contributed by atoms with E-state index in [0.717, 1.165) is 90.0 Å². The van der Waals surface area contributed by atoms with Gasteiger partial charge in [0.15, 0.2) is 6.30 Å². The molecule has 7 fully saturated rings. The number of rotatable bonds is 13. The first-order chi connectivity index (χ1) is 26.5. The molecule has 0 aromatic rings. The lowest BCUT2D eigenvalue weighted by Gasteiger charge is -2.37. The highest BCUT2D eigenvalue weighted by molar-refractivity contribution is 5.97. The number of nitrogens with one attached hydrogen (secondary N) is 3. The maximum atomic E-state index is 14.8. The summed E-state index contributed by atoms with van der Waals surface area (Å²) in [5, 5.41) is 9.27. The minimum Gasteiger partial charge on any atom is -0.390 e. The molecule has 4 amide bonds. The number of aliphatic imine (C=N–C) groups is 1. The number of nitrogens with two attached hydrogens (primary N) is 1. The fraction of sp³-hybridized carbons (Fsp3) is 0.841. The van der Waals surface area contributed by atoms with Crippen molar-refractivity contribution >= 4 is 30.0 Å². The minimum absolute atomic E-state index is 0.00915. The van der Waals surface area contributed by atoms with Gasteiger partial charge in [-0.15, -0.1) is 0 Å². The van der Waals surface area contributed by atoms with Crippen molar-refractivity contribution in [3.05, 3.63) is 12.2 Å². The third kappa shape index (κ3) is 8.28. The number of hydrogen-bond acceptors (Lipinski definition) is 6. The summed E-state index contributed by atoms with van der Waals surface area (Å²) in [5.41, 5.74) is 5.38. The van der Waals surface area contributed by atoms with E-state index in [1.807, 2.05) is 32.6 Å². The van der Waals surface area contributed by atoms with Crippen LogP contribution in [0.25, 0.3) is 0 Å². The van der Waals surface area contributed by atoms with Gasteiger partial charge >= 0.3 is 0 Å². The molecule has 11 nitrogen and oxygen atoms in total. The predicted octanol–water partition coefficient (Wildman–Crippen LogP) is 5.91. The number of halogens is 1. The molecular formula is C44H72FN7O4. The van der Waals surface area contributed by atoms with Gasteiger partial charge in [0.2, 0.25) is 23.6 Å². The second-order valence-electron chi connectivity index (χ2n) is 19.9. The smallest absolute Gasteiger partial charge is 0.248 e. The van der Waals surface area contributed by atoms with Crippen LogP contribution in [0.2, 0.25) is 0 Å². The van der Waals surface area contributed by atoms with Crippen LogP contribution in [-0.2, 0) is 19.2 Å². The fourth-order valence-electron chi connectivity index (χ4n) is 11.2. The highest BCUT2D eigenvalue weighted by Crippen LogP contribution is 2.88. The van der Waals surface area contributed by atoms with Gasteiger partial charge in [-0.05, 0) is 99.2 Å². The van der Waals surface area contributed by atoms with Crippen molar-refractivity contribution in [2.75, 3.05) is 13.1 Å². The molecule has 0 radical (unpaired) electrons. The van der Waals surface area contributed by atoms with E-state index in [9.17, 15) is 23.6 Å². The number of carbonyl (C=O) groups is 4. The van der Waals surface area contributed by atoms with Crippen LogP contribution in [0.15, 0.2) is 17.1 Å². The summed E-state index contributed by atoms with van der Waals surface area (Å²) in [6.45, 7) is 18.0. The molecule has 7 rings (SSSR count). The van der Waals surface area contributed by atoms with Crippen LogP contribution in [0, 0.1) is 27.6 Å². The second kappa shape index (κ2) is 16.7. The fourth-order valence-corrected chi connectivity index (χ4v) is 11.2. The number of amides is 4. The van der Waals surface area contributed by atoms with Gasteiger partial charge in [-0.25, -0.2) is 4.39 Å². The Kier molecular flexibility index (Phi) is 12.7. The summed E-state index contributed by atoms with van der Waals surface area (Å²) in [7, 11) is 0. The third-order valence-electron chi connectivity index (χ3n) is 15.2. The van der Waals surface area contributed by atoms with Crippen LogP contribution in [0.5, 0.6) is 0 Å². The van der Waals surface area contributed by atoms with Crippen molar-refractivity contribution < 1.29 is 23.6 Å². The molecule has 56 heavy (non-hydrogen) atoms. The molecular weight excluding hydrogens is 710 g/mol. The average Bonchev–Trinajstić information content (AvgIpc) is 4.09. The Morgan fingerprint density at radius 2 is 1.62 bits per heavy atom. The number of likely N-dealkylation sites (tertiary alicyclic amines) is 2. The third-order valence-corrected chi connectivity index (χ3v) is 15.2. The Morgan fingerprint density at radius 3 is 2.12 bits per heavy atom. The zero-order valence-electron chi connectivity index (χ0n) is 35.3. The Labute approximate surface area is 335 Å². The second-order valence-corrected chi connectivity index (χ2v) is 19.9. The average molecular weight is 782 g/mol. The summed E-state index contributed by atoms with van der Waals surface area (Å²) >= 11 is 0. The highest BCUT2D eigenvalue weighted by Gasteiger charge is 2.85. The first-order valence-electron chi connectivity index (χ1n) is 22.1. The van der Waals surface area contributed by atoms with E-state index >= 15 is 0 Å². The zero-order valence-corrected chi connectivity index (χ0v) is 35.3. The van der Waals surface area contributed by atoms with Gasteiger partial charge in [-0.1, -0.05) is 80.2 Å². The van der Waals surface area contributed by atoms with Gasteiger partial charge in [-0.3, -0.25) is 29.1 Å². The number of hydrogen-bond donors (Lipinski definition) is 4. The molecule has 0 aromatic carbocycles. The first-order valence-corrected chi connectivity index (χ1v) is 22.1. The molecule has 0 bridgehead atoms. The molecule has 6 atom stereocenters. The van der Waals surface area contributed by atoms with Crippen molar-refractivity contribution in [1.29, 1.82) is 0 Å². The van der Waals surface area contributed by atoms with Gasteiger partial charge in [0, 0.05) is 36.2 Å². The maximum Gasteiger partial charge on any atom is 0.248 e. The van der Waals surface area contributed by atoms with E-state index in [-0.39, 0.29) is 51.8 Å². The van der Waals surface area contributed by atoms with Gasteiger partial charge in [0.25, 0.3) is 0 Å². The van der Waals surface area contributed by atoms with Gasteiger partial charge < -0.3 is 26.6 Å². The molecule has 2 heterocycles. The molecule has 12 heteroatoms. The van der Waals surface area contributed by atoms with Crippen molar-refractivity contribution in [3.63, 3.8) is 0 Å². The molecule has 5 N–H and O–H groups in total. The van der Waals surface area contributed by atoms with Crippen molar-refractivity contribution in [2.24, 2.45) is 38.3 Å². The molecule has 2 spiro atoms. The SMILES string of the molecule is C=C(C(=O)NC1CC1)[C@H](CCC)NC(=O)[C@@H]1C[C@@]2(CN1C(=O)[C@@H](NC(=O)C(N=CN)C1CCCCC1)C(C)(C)C)C(C)(C)C21CCC1.F[C@@H]1CCCN1C1CC1. The summed E-state index contributed by atoms with van der Waals surface area (Å²) < 4.78 is 12.8. The largest absolute Gasteiger partial charge is 0.390 e. The molecule has 1 unspecified atom stereocenters. The Morgan fingerprint density at radius 1 is 0.946 bits per heavy atom. The van der Waals surface area contributed by atoms with Crippen molar-refractivity contribution in [2.45, 2.75) is 193 Å². The molecule has 2 aliphatic heterocycles. The van der Waals surface area contributed by atoms with Crippen LogP contribution in [0.3, 0.4) is 0 Å². The van der Waals surface area contributed by atoms with E-state index < -0.39 is 35.9 Å². The van der Waals surface area contributed by atoms with Gasteiger partial charge in [0.05, 0.1) is 12.4 Å². The number of alkyl halides is 1. The van der Waals surface area contributed by atoms with E-state index in [1.165, 1.54) is 19.2 Å². The van der Waals surface area contributed by atoms with E-state index in [1.54, 1.807) is 4.90 Å². The highest BCUT2D eigenvalue weighted by atomic mass is 19.1. The lowest BCUT2D eigenvalue weighted by Crippen LogP contribution is -2.59. The van der Waals surface area contributed by atoms with Crippen LogP contribution in [0.4, 0.5) is 4.39 Å². The Hall–Kier alpha value is -3.02. The maximum absolute atomic E-state index is 14.8. The normalized spacial score (nSPS) is 29.9. The number of carbonyl (C=O) groups excluding carboxylic acids is 4. The van der Waals surface area contributed by atoms with Gasteiger partial charge in [-0.2, -0.15) is 0 Å². The molecule has 7 aliphatic rings. The topological polar surface area (TPSA) is 149 Å². The molecule has 0 aromatic heterocycles. The zero-order chi connectivity index (χ0) is 40.6. The standard InChI is InChI=1S/C37H60N6O4.C7H12FN/c1-8-13-26(23(2)30(44)40-25-16-17-25)41-31(45)27-20-37(35(6,7)36(37)18-12-19-36)21-43(27)33(47)29(34(3,4)5)42-32(46)28(39-22-38)24-14-10-9-11-15-24;8-7-2-1-5-9(7)6-3-4-6/h22,24-29H,2,8-21H2,1,3-7H3,(H2,38,39)(H,40,44)(H,41,45)(H,42,46);6-7H,1-5H2/t26-,27-,28?,29+,37+;7-/m00/s1. The molecule has 2 saturated heterocycles. The summed E-state index contributed by atoms with van der Waals surface area (Å²) in [5.74, 6) is -0.916. The van der Waals surface area contributed by atoms with Crippen LogP contribution >= 0.6 is 0 Å². The minimum atomic E-state index is -0.857. The number of nitrogens with zero attached hydrogens (tertiary/aromatic N) is 3. The molecule has 5 aliphatic carbocycles. The Bertz CT molecular complexity index is 1510. The monoisotopic (exact) mass is 782 g/mol. The van der Waals surface area contributed by atoms with E-state index in [0.29, 0.717) is 31.0 Å². The number of fused-ring (bicyclic) bond motifs is 1. The van der Waals surface area contributed by atoms with Crippen LogP contribution < -0.4 is 21.7 Å². The van der Waals surface area contributed by atoms with E-state index in [2.05, 4.69) is 41.4 Å². The van der Waals surface area contributed by atoms with E-state index in [4.69, 9.17) is 5.73 Å². The summed E-state index contributed by atoms with van der Waals surface area (Å²) in [6, 6.07) is -1.92. The molecule has 5 saturated carbocycles. The van der Waals surface area contributed by atoms with Crippen molar-refractivity contribution in [1.82, 2.24) is 25.8 Å². The van der Waals surface area contributed by atoms with Crippen LogP contribution in [-0.4, -0.2) is 95.4 Å². The van der Waals surface area contributed by atoms with Crippen LogP contribution in [0.1, 0.15) is 151 Å².